The van der Waals surface area contributed by atoms with E-state index in [0.29, 0.717) is 4.68 Å². The van der Waals surface area contributed by atoms with Crippen molar-refractivity contribution in [3.05, 3.63) is 70.9 Å². The van der Waals surface area contributed by atoms with Crippen LogP contribution in [0.2, 0.25) is 0 Å². The predicted octanol–water partition coefficient (Wildman–Crippen LogP) is 5.58. The molecule has 1 aliphatic rings. The number of hydrogen-bond donors (Lipinski definition) is 0. The summed E-state index contributed by atoms with van der Waals surface area (Å²) in [4.78, 5) is 19.9. The second-order valence-electron chi connectivity index (χ2n) is 7.77. The van der Waals surface area contributed by atoms with Crippen LogP contribution in [0.5, 0.6) is 0 Å². The number of nitrogens with zero attached hydrogens (tertiary/aromatic N) is 4. The number of rotatable bonds is 6. The van der Waals surface area contributed by atoms with Gasteiger partial charge in [-0.05, 0) is 36.6 Å². The highest BCUT2D eigenvalue weighted by Crippen LogP contribution is 2.41. The maximum Gasteiger partial charge on any atom is 0.283 e. The Kier molecular flexibility index (Phi) is 5.21. The molecule has 5 nitrogen and oxygen atoms in total. The van der Waals surface area contributed by atoms with Crippen LogP contribution in [0.4, 0.5) is 13.2 Å². The minimum Gasteiger partial charge on any atom is -0.330 e. The summed E-state index contributed by atoms with van der Waals surface area (Å²) < 4.78 is 43.4. The van der Waals surface area contributed by atoms with E-state index in [1.54, 1.807) is 23.7 Å². The van der Waals surface area contributed by atoms with Crippen molar-refractivity contribution >= 4 is 27.3 Å². The number of aromatic nitrogens is 3. The lowest BCUT2D eigenvalue weighted by molar-refractivity contribution is 0.0714. The molecule has 4 aromatic rings. The first-order chi connectivity index (χ1) is 15.5. The van der Waals surface area contributed by atoms with Gasteiger partial charge in [-0.1, -0.05) is 18.2 Å². The molecule has 0 radical (unpaired) electrons. The Balaban J connectivity index is 1.59. The van der Waals surface area contributed by atoms with Gasteiger partial charge in [0.15, 0.2) is 0 Å². The van der Waals surface area contributed by atoms with E-state index in [2.05, 4.69) is 10.1 Å². The van der Waals surface area contributed by atoms with Crippen molar-refractivity contribution in [2.45, 2.75) is 31.9 Å². The maximum absolute atomic E-state index is 14.6. The summed E-state index contributed by atoms with van der Waals surface area (Å²) in [6, 6.07) is 11.6. The Morgan fingerprint density at radius 3 is 2.62 bits per heavy atom. The SMILES string of the molecule is Cn1nc(C(F)F)c(C(=O)N(Cc2sc3ccccc3c2-c2ccncc2)C2CC2)c1F. The van der Waals surface area contributed by atoms with E-state index in [4.69, 9.17) is 0 Å². The van der Waals surface area contributed by atoms with E-state index in [-0.39, 0.29) is 12.6 Å². The van der Waals surface area contributed by atoms with Crippen LogP contribution < -0.4 is 0 Å². The Morgan fingerprint density at radius 2 is 1.94 bits per heavy atom. The van der Waals surface area contributed by atoms with Crippen molar-refractivity contribution in [1.82, 2.24) is 19.7 Å². The zero-order chi connectivity index (χ0) is 22.4. The first kappa shape index (κ1) is 20.7. The number of amides is 1. The van der Waals surface area contributed by atoms with Gasteiger partial charge >= 0.3 is 0 Å². The van der Waals surface area contributed by atoms with Crippen LogP contribution in [-0.2, 0) is 13.6 Å². The van der Waals surface area contributed by atoms with Crippen LogP contribution in [0.25, 0.3) is 21.2 Å². The Morgan fingerprint density at radius 1 is 1.22 bits per heavy atom. The van der Waals surface area contributed by atoms with Crippen LogP contribution in [0, 0.1) is 5.95 Å². The van der Waals surface area contributed by atoms with Gasteiger partial charge in [-0.2, -0.15) is 9.49 Å². The highest BCUT2D eigenvalue weighted by Gasteiger charge is 2.38. The average Bonchev–Trinajstić information content (AvgIpc) is 3.50. The van der Waals surface area contributed by atoms with E-state index in [1.165, 1.54) is 11.9 Å². The second kappa shape index (κ2) is 8.05. The van der Waals surface area contributed by atoms with Gasteiger partial charge in [0.2, 0.25) is 5.95 Å². The fourth-order valence-electron chi connectivity index (χ4n) is 3.97. The van der Waals surface area contributed by atoms with Crippen molar-refractivity contribution in [3.8, 4) is 11.1 Å². The molecule has 32 heavy (non-hydrogen) atoms. The van der Waals surface area contributed by atoms with Crippen LogP contribution in [0.1, 0.15) is 40.2 Å². The van der Waals surface area contributed by atoms with E-state index in [9.17, 15) is 18.0 Å². The number of benzene rings is 1. The van der Waals surface area contributed by atoms with Gasteiger partial charge in [-0.15, -0.1) is 11.3 Å². The van der Waals surface area contributed by atoms with Gasteiger partial charge in [0.1, 0.15) is 11.3 Å². The second-order valence-corrected chi connectivity index (χ2v) is 8.91. The molecule has 1 aliphatic carbocycles. The monoisotopic (exact) mass is 456 g/mol. The molecule has 0 bridgehead atoms. The summed E-state index contributed by atoms with van der Waals surface area (Å²) in [5.74, 6) is -1.78. The Labute approximate surface area is 186 Å². The summed E-state index contributed by atoms with van der Waals surface area (Å²) in [7, 11) is 1.22. The third-order valence-corrected chi connectivity index (χ3v) is 6.78. The highest BCUT2D eigenvalue weighted by atomic mass is 32.1. The summed E-state index contributed by atoms with van der Waals surface area (Å²) in [6.07, 6.45) is 1.88. The van der Waals surface area contributed by atoms with E-state index in [1.807, 2.05) is 36.4 Å². The minimum absolute atomic E-state index is 0.108. The number of aryl methyl sites for hydroxylation is 1. The number of hydrogen-bond acceptors (Lipinski definition) is 4. The van der Waals surface area contributed by atoms with Crippen molar-refractivity contribution in [1.29, 1.82) is 0 Å². The fraction of sp³-hybridized carbons (Fsp3) is 0.261. The summed E-state index contributed by atoms with van der Waals surface area (Å²) in [6.45, 7) is 0.206. The standard InChI is InChI=1S/C23H19F3N4OS/c1-29-22(26)19(20(28-29)21(24)25)23(31)30(14-6-7-14)12-17-18(13-8-10-27-11-9-13)15-4-2-3-5-16(15)32-17/h2-5,8-11,14,21H,6-7,12H2,1H3. The number of halogens is 3. The topological polar surface area (TPSA) is 51.0 Å². The maximum atomic E-state index is 14.6. The highest BCUT2D eigenvalue weighted by molar-refractivity contribution is 7.19. The first-order valence-corrected chi connectivity index (χ1v) is 11.0. The third-order valence-electron chi connectivity index (χ3n) is 5.62. The number of alkyl halides is 2. The van der Waals surface area contributed by atoms with E-state index < -0.39 is 29.5 Å². The minimum atomic E-state index is -3.04. The fourth-order valence-corrected chi connectivity index (χ4v) is 5.19. The van der Waals surface area contributed by atoms with Gasteiger partial charge in [0, 0.05) is 46.0 Å². The molecule has 0 unspecified atom stereocenters. The predicted molar refractivity (Wildman–Crippen MR) is 116 cm³/mol. The number of carbonyl (C=O) groups excluding carboxylic acids is 1. The Bertz CT molecular complexity index is 1300. The number of fused-ring (bicyclic) bond motifs is 1. The van der Waals surface area contributed by atoms with Gasteiger partial charge in [0.05, 0.1) is 6.54 Å². The Hall–Kier alpha value is -3.20. The van der Waals surface area contributed by atoms with Crippen LogP contribution in [0.3, 0.4) is 0 Å². The van der Waals surface area contributed by atoms with Crippen LogP contribution in [0.15, 0.2) is 48.8 Å². The molecule has 5 rings (SSSR count). The van der Waals surface area contributed by atoms with Crippen molar-refractivity contribution < 1.29 is 18.0 Å². The molecular weight excluding hydrogens is 437 g/mol. The molecule has 1 amide bonds. The van der Waals surface area contributed by atoms with Crippen LogP contribution >= 0.6 is 11.3 Å². The van der Waals surface area contributed by atoms with Gasteiger partial charge in [0.25, 0.3) is 12.3 Å². The summed E-state index contributed by atoms with van der Waals surface area (Å²) >= 11 is 1.55. The van der Waals surface area contributed by atoms with Gasteiger partial charge in [-0.25, -0.2) is 13.5 Å². The number of carbonyl (C=O) groups is 1. The normalized spacial score (nSPS) is 13.8. The van der Waals surface area contributed by atoms with Crippen molar-refractivity contribution in [2.75, 3.05) is 0 Å². The molecule has 9 heteroatoms. The first-order valence-electron chi connectivity index (χ1n) is 10.2. The average molecular weight is 456 g/mol. The third kappa shape index (κ3) is 3.56. The van der Waals surface area contributed by atoms with Crippen LogP contribution in [-0.4, -0.2) is 31.6 Å². The lowest BCUT2D eigenvalue weighted by Crippen LogP contribution is -2.33. The molecule has 1 aromatic carbocycles. The molecule has 3 heterocycles. The molecule has 164 valence electrons. The quantitative estimate of drug-likeness (QED) is 0.381. The molecule has 1 saturated carbocycles. The summed E-state index contributed by atoms with van der Waals surface area (Å²) in [5, 5.41) is 4.58. The lowest BCUT2D eigenvalue weighted by atomic mass is 10.0. The molecule has 0 N–H and O–H groups in total. The molecule has 0 spiro atoms. The molecule has 0 saturated heterocycles. The zero-order valence-electron chi connectivity index (χ0n) is 17.1. The van der Waals surface area contributed by atoms with Gasteiger partial charge < -0.3 is 4.90 Å². The smallest absolute Gasteiger partial charge is 0.283 e. The lowest BCUT2D eigenvalue weighted by Gasteiger charge is -2.22. The molecular formula is C23H19F3N4OS. The zero-order valence-corrected chi connectivity index (χ0v) is 18.0. The van der Waals surface area contributed by atoms with Crippen molar-refractivity contribution in [2.24, 2.45) is 7.05 Å². The number of pyridine rings is 1. The van der Waals surface area contributed by atoms with Crippen molar-refractivity contribution in [3.63, 3.8) is 0 Å². The van der Waals surface area contributed by atoms with E-state index >= 15 is 0 Å². The summed E-state index contributed by atoms with van der Waals surface area (Å²) in [5.41, 5.74) is 0.482. The molecule has 1 fully saturated rings. The molecule has 0 atom stereocenters. The number of thiophene rings is 1. The van der Waals surface area contributed by atoms with Gasteiger partial charge in [-0.3, -0.25) is 9.78 Å². The largest absolute Gasteiger partial charge is 0.330 e. The molecule has 0 aliphatic heterocycles. The van der Waals surface area contributed by atoms with E-state index in [0.717, 1.165) is 38.9 Å². The molecule has 3 aromatic heterocycles.